The summed E-state index contributed by atoms with van der Waals surface area (Å²) in [5, 5.41) is 8.18. The van der Waals surface area contributed by atoms with Gasteiger partial charge >= 0.3 is 0 Å². The summed E-state index contributed by atoms with van der Waals surface area (Å²) >= 11 is 0. The molecule has 1 aromatic carbocycles. The Morgan fingerprint density at radius 3 is 2.64 bits per heavy atom. The number of rotatable bonds is 4. The van der Waals surface area contributed by atoms with Crippen molar-refractivity contribution in [2.45, 2.75) is 70.4 Å². The van der Waals surface area contributed by atoms with Crippen molar-refractivity contribution < 1.29 is 4.79 Å². The fraction of sp³-hybridized carbons (Fsp3) is 0.500. The van der Waals surface area contributed by atoms with E-state index < -0.39 is 0 Å². The van der Waals surface area contributed by atoms with Crippen molar-refractivity contribution in [3.8, 4) is 12.3 Å². The van der Waals surface area contributed by atoms with E-state index in [1.165, 1.54) is 12.0 Å². The number of anilines is 1. The Bertz CT molecular complexity index is 898. The van der Waals surface area contributed by atoms with E-state index in [2.05, 4.69) is 54.4 Å². The summed E-state index contributed by atoms with van der Waals surface area (Å²) < 4.78 is 1.98. The first-order valence-electron chi connectivity index (χ1n) is 10.4. The monoisotopic (exact) mass is 375 g/mol. The molecule has 2 heterocycles. The second-order valence-corrected chi connectivity index (χ2v) is 9.03. The van der Waals surface area contributed by atoms with Crippen molar-refractivity contribution in [3.05, 3.63) is 47.7 Å². The first-order chi connectivity index (χ1) is 13.4. The maximum absolute atomic E-state index is 13.3. The molecule has 1 atom stereocenters. The lowest BCUT2D eigenvalue weighted by Gasteiger charge is -2.38. The first-order valence-corrected chi connectivity index (χ1v) is 10.4. The highest BCUT2D eigenvalue weighted by Gasteiger charge is 2.38. The number of terminal acetylenes is 1. The third-order valence-electron chi connectivity index (χ3n) is 6.48. The van der Waals surface area contributed by atoms with Crippen LogP contribution in [-0.4, -0.2) is 15.6 Å². The van der Waals surface area contributed by atoms with Crippen LogP contribution in [0.1, 0.15) is 80.8 Å². The minimum Gasteiger partial charge on any atom is -0.363 e. The van der Waals surface area contributed by atoms with Crippen LogP contribution in [0.2, 0.25) is 0 Å². The van der Waals surface area contributed by atoms with Crippen LogP contribution in [0.4, 0.5) is 5.82 Å². The van der Waals surface area contributed by atoms with Gasteiger partial charge in [-0.05, 0) is 38.7 Å². The van der Waals surface area contributed by atoms with Gasteiger partial charge in [-0.25, -0.2) is 4.68 Å². The first kappa shape index (κ1) is 18.8. The summed E-state index contributed by atoms with van der Waals surface area (Å²) in [5.41, 5.74) is 1.45. The van der Waals surface area contributed by atoms with Crippen LogP contribution in [0, 0.1) is 17.8 Å². The van der Waals surface area contributed by atoms with Gasteiger partial charge in [-0.2, -0.15) is 5.10 Å². The molecule has 1 aromatic heterocycles. The van der Waals surface area contributed by atoms with E-state index in [0.29, 0.717) is 12.0 Å². The molecule has 1 aliphatic heterocycles. The van der Waals surface area contributed by atoms with Crippen LogP contribution in [0.3, 0.4) is 0 Å². The lowest BCUT2D eigenvalue weighted by molar-refractivity contribution is 0.0918. The van der Waals surface area contributed by atoms with Gasteiger partial charge in [0.05, 0.1) is 23.3 Å². The Balaban J connectivity index is 1.64. The van der Waals surface area contributed by atoms with Crippen LogP contribution < -0.4 is 5.32 Å². The van der Waals surface area contributed by atoms with E-state index >= 15 is 0 Å². The van der Waals surface area contributed by atoms with Crippen LogP contribution in [-0.2, 0) is 5.54 Å². The fourth-order valence-corrected chi connectivity index (χ4v) is 4.84. The second kappa shape index (κ2) is 7.13. The van der Waals surface area contributed by atoms with Gasteiger partial charge in [0.1, 0.15) is 5.82 Å². The molecule has 1 fully saturated rings. The van der Waals surface area contributed by atoms with Gasteiger partial charge in [0, 0.05) is 11.8 Å². The topological polar surface area (TPSA) is 46.9 Å². The number of nitrogens with one attached hydrogen (secondary N) is 1. The van der Waals surface area contributed by atoms with Gasteiger partial charge in [-0.1, -0.05) is 55.5 Å². The summed E-state index contributed by atoms with van der Waals surface area (Å²) in [5.74, 6) is 3.91. The van der Waals surface area contributed by atoms with Gasteiger partial charge in [0.2, 0.25) is 0 Å². The molecule has 0 saturated heterocycles. The molecule has 4 heteroatoms. The average Bonchev–Trinajstić information content (AvgIpc) is 3.14. The van der Waals surface area contributed by atoms with Crippen molar-refractivity contribution in [1.29, 1.82) is 0 Å². The summed E-state index contributed by atoms with van der Waals surface area (Å²) in [7, 11) is 0. The maximum Gasteiger partial charge on any atom is 0.169 e. The molecule has 2 aromatic rings. The Morgan fingerprint density at radius 1 is 1.25 bits per heavy atom. The molecule has 28 heavy (non-hydrogen) atoms. The highest BCUT2D eigenvalue weighted by Crippen LogP contribution is 2.43. The number of nitrogens with zero attached hydrogens (tertiary/aromatic N) is 2. The van der Waals surface area contributed by atoms with Crippen LogP contribution in [0.15, 0.2) is 36.5 Å². The van der Waals surface area contributed by atoms with E-state index in [1.807, 2.05) is 10.7 Å². The van der Waals surface area contributed by atoms with Crippen molar-refractivity contribution in [1.82, 2.24) is 9.78 Å². The van der Waals surface area contributed by atoms with Crippen molar-refractivity contribution >= 4 is 11.6 Å². The quantitative estimate of drug-likeness (QED) is 0.580. The third-order valence-corrected chi connectivity index (χ3v) is 6.48. The Hall–Kier alpha value is -2.54. The Kier molecular flexibility index (Phi) is 4.79. The molecular weight excluding hydrogens is 346 g/mol. The second-order valence-electron chi connectivity index (χ2n) is 9.03. The molecule has 0 bridgehead atoms. The third kappa shape index (κ3) is 3.35. The molecular formula is C24H29N3O. The van der Waals surface area contributed by atoms with E-state index in [4.69, 9.17) is 6.42 Å². The normalized spacial score (nSPS) is 22.5. The molecule has 1 saturated carbocycles. The average molecular weight is 376 g/mol. The lowest BCUT2D eigenvalue weighted by Crippen LogP contribution is -2.38. The molecule has 0 radical (unpaired) electrons. The summed E-state index contributed by atoms with van der Waals surface area (Å²) in [6.45, 7) is 4.36. The van der Waals surface area contributed by atoms with Gasteiger partial charge in [-0.3, -0.25) is 4.79 Å². The number of hydrogen-bond donors (Lipinski definition) is 1. The Morgan fingerprint density at radius 2 is 1.96 bits per heavy atom. The molecule has 0 spiro atoms. The molecule has 1 aliphatic carbocycles. The summed E-state index contributed by atoms with van der Waals surface area (Å²) in [6, 6.07) is 10.6. The van der Waals surface area contributed by atoms with Crippen LogP contribution in [0.25, 0.3) is 0 Å². The minimum atomic E-state index is -0.285. The zero-order chi connectivity index (χ0) is 19.8. The largest absolute Gasteiger partial charge is 0.363 e. The van der Waals surface area contributed by atoms with Gasteiger partial charge in [0.25, 0.3) is 0 Å². The molecule has 1 unspecified atom stereocenters. The van der Waals surface area contributed by atoms with E-state index in [1.54, 1.807) is 6.20 Å². The molecule has 2 aliphatic rings. The van der Waals surface area contributed by atoms with Crippen LogP contribution in [0.5, 0.6) is 0 Å². The fourth-order valence-electron chi connectivity index (χ4n) is 4.84. The van der Waals surface area contributed by atoms with Crippen LogP contribution >= 0.6 is 0 Å². The molecule has 146 valence electrons. The van der Waals surface area contributed by atoms with Crippen molar-refractivity contribution in [3.63, 3.8) is 0 Å². The number of fused-ring (bicyclic) bond motifs is 1. The molecule has 0 amide bonds. The van der Waals surface area contributed by atoms with Gasteiger partial charge in [-0.15, -0.1) is 6.42 Å². The number of carbonyl (C=O) groups excluding carboxylic acids is 1. The predicted molar refractivity (Wildman–Crippen MR) is 112 cm³/mol. The number of aromatic nitrogens is 2. The summed E-state index contributed by atoms with van der Waals surface area (Å²) in [6.07, 6.45) is 14.3. The highest BCUT2D eigenvalue weighted by molar-refractivity contribution is 6.01. The standard InChI is InChI=1S/C24H29N3O/c1-4-24(13-9-6-10-14-24)16-21(28)19-17-25-27-22(19)26-20(15-23(27,2)3)18-11-7-5-8-12-18/h1,5,7-8,11-12,17,20,26H,6,9-10,13-16H2,2-3H3. The Labute approximate surface area is 167 Å². The highest BCUT2D eigenvalue weighted by atomic mass is 16.1. The molecule has 4 nitrogen and oxygen atoms in total. The number of hydrogen-bond acceptors (Lipinski definition) is 3. The van der Waals surface area contributed by atoms with E-state index in [-0.39, 0.29) is 22.8 Å². The SMILES string of the molecule is C#CC1(CC(=O)c2cnn3c2NC(c2ccccc2)CC3(C)C)CCCCC1. The zero-order valence-corrected chi connectivity index (χ0v) is 16.9. The van der Waals surface area contributed by atoms with Gasteiger partial charge in [0.15, 0.2) is 5.78 Å². The number of Topliss-reactive ketones (excluding diaryl/α,β-unsaturated/α-hetero) is 1. The lowest BCUT2D eigenvalue weighted by atomic mass is 9.71. The number of ketones is 1. The van der Waals surface area contributed by atoms with E-state index in [9.17, 15) is 4.79 Å². The zero-order valence-electron chi connectivity index (χ0n) is 16.9. The van der Waals surface area contributed by atoms with E-state index in [0.717, 1.165) is 37.9 Å². The number of carbonyl (C=O) groups is 1. The smallest absolute Gasteiger partial charge is 0.169 e. The summed E-state index contributed by atoms with van der Waals surface area (Å²) in [4.78, 5) is 13.3. The molecule has 4 rings (SSSR count). The molecule has 1 N–H and O–H groups in total. The number of benzene rings is 1. The van der Waals surface area contributed by atoms with Crippen molar-refractivity contribution in [2.75, 3.05) is 5.32 Å². The van der Waals surface area contributed by atoms with Crippen molar-refractivity contribution in [2.24, 2.45) is 5.41 Å². The van der Waals surface area contributed by atoms with Gasteiger partial charge < -0.3 is 5.32 Å². The minimum absolute atomic E-state index is 0.109. The predicted octanol–water partition coefficient (Wildman–Crippen LogP) is 5.33. The maximum atomic E-state index is 13.3.